The highest BCUT2D eigenvalue weighted by Gasteiger charge is 2.13. The molecule has 3 N–H and O–H groups in total. The molecule has 0 aliphatic rings. The monoisotopic (exact) mass is 272 g/mol. The minimum atomic E-state index is -3.69. The maximum atomic E-state index is 11.4. The minimum absolute atomic E-state index is 0.0248. The highest BCUT2D eigenvalue weighted by Crippen LogP contribution is 2.13. The van der Waals surface area contributed by atoms with Gasteiger partial charge in [-0.15, -0.1) is 0 Å². The Morgan fingerprint density at radius 3 is 2.39 bits per heavy atom. The molecule has 1 unspecified atom stereocenters. The fraction of sp³-hybridized carbons (Fsp3) is 0.364. The highest BCUT2D eigenvalue weighted by atomic mass is 32.2. The van der Waals surface area contributed by atoms with Crippen LogP contribution in [0.2, 0.25) is 0 Å². The summed E-state index contributed by atoms with van der Waals surface area (Å²) in [5.41, 5.74) is 0.614. The molecule has 0 spiro atoms. The number of nitrogens with two attached hydrogens (primary N) is 1. The van der Waals surface area contributed by atoms with Crippen molar-refractivity contribution < 1.29 is 17.9 Å². The maximum Gasteiger partial charge on any atom is 0.328 e. The normalized spacial score (nSPS) is 12.8. The number of primary sulfonamides is 1. The van der Waals surface area contributed by atoms with Crippen molar-refractivity contribution in [3.8, 4) is 0 Å². The summed E-state index contributed by atoms with van der Waals surface area (Å²) in [7, 11) is -3.69. The van der Waals surface area contributed by atoms with E-state index in [9.17, 15) is 13.2 Å². The van der Waals surface area contributed by atoms with Gasteiger partial charge in [-0.3, -0.25) is 0 Å². The van der Waals surface area contributed by atoms with Gasteiger partial charge in [-0.1, -0.05) is 0 Å². The van der Waals surface area contributed by atoms with E-state index < -0.39 is 16.1 Å². The molecule has 18 heavy (non-hydrogen) atoms. The molecule has 1 rings (SSSR count). The second kappa shape index (κ2) is 5.83. The summed E-state index contributed by atoms with van der Waals surface area (Å²) in [5.74, 6) is -0.368. The van der Waals surface area contributed by atoms with E-state index in [1.807, 2.05) is 0 Å². The van der Waals surface area contributed by atoms with Crippen LogP contribution in [0.25, 0.3) is 0 Å². The molecule has 0 amide bonds. The number of esters is 1. The van der Waals surface area contributed by atoms with Crippen LogP contribution in [0.4, 0.5) is 5.69 Å². The summed E-state index contributed by atoms with van der Waals surface area (Å²) in [5, 5.41) is 7.87. The Morgan fingerprint density at radius 1 is 1.39 bits per heavy atom. The summed E-state index contributed by atoms with van der Waals surface area (Å²) in [6.07, 6.45) is 0. The van der Waals surface area contributed by atoms with E-state index in [1.165, 1.54) is 24.3 Å². The lowest BCUT2D eigenvalue weighted by molar-refractivity contribution is -0.143. The van der Waals surface area contributed by atoms with Crippen LogP contribution in [0.3, 0.4) is 0 Å². The van der Waals surface area contributed by atoms with Gasteiger partial charge >= 0.3 is 5.97 Å². The zero-order valence-corrected chi connectivity index (χ0v) is 11.0. The molecule has 0 aliphatic heterocycles. The van der Waals surface area contributed by atoms with Crippen molar-refractivity contribution in [3.63, 3.8) is 0 Å². The minimum Gasteiger partial charge on any atom is -0.464 e. The van der Waals surface area contributed by atoms with Crippen molar-refractivity contribution in [3.05, 3.63) is 24.3 Å². The first-order chi connectivity index (χ1) is 8.34. The molecule has 1 aromatic carbocycles. The van der Waals surface area contributed by atoms with Gasteiger partial charge in [0.25, 0.3) is 0 Å². The molecule has 6 nitrogen and oxygen atoms in total. The molecular formula is C11H16N2O4S. The number of ether oxygens (including phenoxy) is 1. The lowest BCUT2D eigenvalue weighted by Crippen LogP contribution is -2.28. The van der Waals surface area contributed by atoms with E-state index in [0.717, 1.165) is 0 Å². The smallest absolute Gasteiger partial charge is 0.328 e. The molecule has 1 aromatic rings. The summed E-state index contributed by atoms with van der Waals surface area (Å²) in [6.45, 7) is 3.70. The van der Waals surface area contributed by atoms with Gasteiger partial charge in [0.2, 0.25) is 10.0 Å². The Balaban J connectivity index is 2.73. The Labute approximate surface area is 106 Å². The summed E-state index contributed by atoms with van der Waals surface area (Å²) in [6, 6.07) is 5.31. The van der Waals surface area contributed by atoms with Gasteiger partial charge in [0, 0.05) is 5.69 Å². The van der Waals surface area contributed by atoms with Crippen LogP contribution in [0, 0.1) is 0 Å². The number of rotatable bonds is 5. The fourth-order valence-electron chi connectivity index (χ4n) is 1.32. The van der Waals surface area contributed by atoms with E-state index in [0.29, 0.717) is 12.3 Å². The molecule has 0 saturated heterocycles. The molecule has 0 aromatic heterocycles. The fourth-order valence-corrected chi connectivity index (χ4v) is 1.83. The van der Waals surface area contributed by atoms with Gasteiger partial charge in [0.05, 0.1) is 11.5 Å². The number of benzene rings is 1. The largest absolute Gasteiger partial charge is 0.464 e. The van der Waals surface area contributed by atoms with Crippen LogP contribution in [-0.2, 0) is 19.6 Å². The zero-order valence-electron chi connectivity index (χ0n) is 10.2. The van der Waals surface area contributed by atoms with Gasteiger partial charge < -0.3 is 10.1 Å². The van der Waals surface area contributed by atoms with Crippen LogP contribution in [0.1, 0.15) is 13.8 Å². The van der Waals surface area contributed by atoms with Crippen LogP contribution in [0.15, 0.2) is 29.2 Å². The molecular weight excluding hydrogens is 256 g/mol. The summed E-state index contributed by atoms with van der Waals surface area (Å²) >= 11 is 0. The highest BCUT2D eigenvalue weighted by molar-refractivity contribution is 7.89. The van der Waals surface area contributed by atoms with Crippen LogP contribution in [-0.4, -0.2) is 27.0 Å². The zero-order chi connectivity index (χ0) is 13.8. The maximum absolute atomic E-state index is 11.4. The predicted molar refractivity (Wildman–Crippen MR) is 67.5 cm³/mol. The standard InChI is InChI=1S/C11H16N2O4S/c1-3-17-11(14)8(2)13-9-4-6-10(7-5-9)18(12,15)16/h4-8,13H,3H2,1-2H3,(H2,12,15,16). The predicted octanol–water partition coefficient (Wildman–Crippen LogP) is 0.698. The number of anilines is 1. The van der Waals surface area contributed by atoms with E-state index in [4.69, 9.17) is 9.88 Å². The molecule has 0 heterocycles. The Kier molecular flexibility index (Phi) is 4.69. The van der Waals surface area contributed by atoms with E-state index in [-0.39, 0.29) is 10.9 Å². The lowest BCUT2D eigenvalue weighted by Gasteiger charge is -2.13. The molecule has 7 heteroatoms. The second-order valence-electron chi connectivity index (χ2n) is 3.69. The van der Waals surface area contributed by atoms with Crippen LogP contribution >= 0.6 is 0 Å². The Morgan fingerprint density at radius 2 is 1.94 bits per heavy atom. The topological polar surface area (TPSA) is 98.5 Å². The number of nitrogens with one attached hydrogen (secondary N) is 1. The van der Waals surface area contributed by atoms with E-state index >= 15 is 0 Å². The quantitative estimate of drug-likeness (QED) is 0.769. The van der Waals surface area contributed by atoms with E-state index in [1.54, 1.807) is 13.8 Å². The van der Waals surface area contributed by atoms with Gasteiger partial charge in [-0.2, -0.15) is 0 Å². The molecule has 0 fully saturated rings. The van der Waals surface area contributed by atoms with Crippen molar-refractivity contribution >= 4 is 21.7 Å². The van der Waals surface area contributed by atoms with Gasteiger partial charge in [-0.05, 0) is 38.1 Å². The third kappa shape index (κ3) is 4.01. The molecule has 0 saturated carbocycles. The SMILES string of the molecule is CCOC(=O)C(C)Nc1ccc(S(N)(=O)=O)cc1. The van der Waals surface area contributed by atoms with E-state index in [2.05, 4.69) is 5.32 Å². The summed E-state index contributed by atoms with van der Waals surface area (Å²) < 4.78 is 26.9. The van der Waals surface area contributed by atoms with Crippen molar-refractivity contribution in [2.24, 2.45) is 5.14 Å². The lowest BCUT2D eigenvalue weighted by atomic mass is 10.2. The Hall–Kier alpha value is -1.60. The van der Waals surface area contributed by atoms with Crippen LogP contribution in [0.5, 0.6) is 0 Å². The molecule has 100 valence electrons. The third-order valence-electron chi connectivity index (χ3n) is 2.21. The Bertz CT molecular complexity index is 510. The molecule has 0 aliphatic carbocycles. The first kappa shape index (κ1) is 14.5. The summed E-state index contributed by atoms with van der Waals surface area (Å²) in [4.78, 5) is 11.4. The third-order valence-corrected chi connectivity index (χ3v) is 3.14. The van der Waals surface area contributed by atoms with Crippen molar-refractivity contribution in [1.29, 1.82) is 0 Å². The van der Waals surface area contributed by atoms with Crippen molar-refractivity contribution in [2.45, 2.75) is 24.8 Å². The molecule has 1 atom stereocenters. The molecule has 0 bridgehead atoms. The van der Waals surface area contributed by atoms with Gasteiger partial charge in [-0.25, -0.2) is 18.4 Å². The van der Waals surface area contributed by atoms with Crippen molar-refractivity contribution in [1.82, 2.24) is 0 Å². The van der Waals surface area contributed by atoms with Gasteiger partial charge in [0.15, 0.2) is 0 Å². The first-order valence-corrected chi connectivity index (χ1v) is 6.95. The number of hydrogen-bond acceptors (Lipinski definition) is 5. The number of carbonyl (C=O) groups is 1. The number of hydrogen-bond donors (Lipinski definition) is 2. The average Bonchev–Trinajstić information content (AvgIpc) is 2.28. The molecule has 0 radical (unpaired) electrons. The van der Waals surface area contributed by atoms with Gasteiger partial charge in [0.1, 0.15) is 6.04 Å². The second-order valence-corrected chi connectivity index (χ2v) is 5.25. The van der Waals surface area contributed by atoms with Crippen LogP contribution < -0.4 is 10.5 Å². The number of sulfonamides is 1. The van der Waals surface area contributed by atoms with Crippen molar-refractivity contribution in [2.75, 3.05) is 11.9 Å². The average molecular weight is 272 g/mol. The first-order valence-electron chi connectivity index (χ1n) is 5.40. The number of carbonyl (C=O) groups excluding carboxylic acids is 1.